The van der Waals surface area contributed by atoms with Crippen molar-refractivity contribution in [3.63, 3.8) is 0 Å². The van der Waals surface area contributed by atoms with Gasteiger partial charge in [-0.15, -0.1) is 0 Å². The predicted octanol–water partition coefficient (Wildman–Crippen LogP) is -0.755. The molecule has 0 bridgehead atoms. The van der Waals surface area contributed by atoms with Crippen molar-refractivity contribution >= 4 is 16.0 Å². The van der Waals surface area contributed by atoms with Crippen LogP contribution in [0.15, 0.2) is 12.2 Å². The van der Waals surface area contributed by atoms with Gasteiger partial charge < -0.3 is 10.1 Å². The topological polar surface area (TPSA) is 84.5 Å². The maximum absolute atomic E-state index is 10.8. The number of sulfonamides is 1. The Balaban J connectivity index is 3.43. The van der Waals surface area contributed by atoms with Gasteiger partial charge in [0.2, 0.25) is 10.0 Å². The number of esters is 1. The Bertz CT molecular complexity index is 324. The van der Waals surface area contributed by atoms with Crippen molar-refractivity contribution in [1.29, 1.82) is 0 Å². The number of rotatable bonds is 8. The number of carbonyl (C=O) groups excluding carboxylic acids is 1. The molecule has 7 heteroatoms. The summed E-state index contributed by atoms with van der Waals surface area (Å²) in [6, 6.07) is 0. The first-order valence-corrected chi connectivity index (χ1v) is 6.83. The molecule has 0 aliphatic rings. The molecule has 0 radical (unpaired) electrons. The normalized spacial score (nSPS) is 11.9. The van der Waals surface area contributed by atoms with E-state index in [1.165, 1.54) is 6.08 Å². The summed E-state index contributed by atoms with van der Waals surface area (Å²) in [5, 5.41) is 2.93. The lowest BCUT2D eigenvalue weighted by Gasteiger charge is -2.02. The number of hydrogen-bond acceptors (Lipinski definition) is 5. The van der Waals surface area contributed by atoms with E-state index in [0.29, 0.717) is 26.2 Å². The first-order chi connectivity index (χ1) is 7.45. The van der Waals surface area contributed by atoms with E-state index in [1.807, 2.05) is 0 Å². The van der Waals surface area contributed by atoms with Crippen molar-refractivity contribution in [2.45, 2.75) is 6.92 Å². The Morgan fingerprint density at radius 1 is 1.38 bits per heavy atom. The van der Waals surface area contributed by atoms with Gasteiger partial charge in [0.25, 0.3) is 0 Å². The van der Waals surface area contributed by atoms with Gasteiger partial charge in [0, 0.05) is 25.7 Å². The second-order valence-corrected chi connectivity index (χ2v) is 4.86. The predicted molar refractivity (Wildman–Crippen MR) is 61.5 cm³/mol. The molecule has 0 aromatic carbocycles. The molecule has 0 spiro atoms. The molecular formula is C9H18N2O4S. The zero-order valence-electron chi connectivity index (χ0n) is 9.52. The molecule has 0 aromatic rings. The minimum absolute atomic E-state index is 0.325. The SMILES string of the molecule is CCOC(=O)/C=C/CNCCNS(C)(=O)=O. The Hall–Kier alpha value is -0.920. The van der Waals surface area contributed by atoms with Gasteiger partial charge in [-0.3, -0.25) is 0 Å². The fourth-order valence-electron chi connectivity index (χ4n) is 0.856. The second kappa shape index (κ2) is 8.26. The molecule has 0 heterocycles. The minimum atomic E-state index is -3.12. The van der Waals surface area contributed by atoms with E-state index in [-0.39, 0.29) is 5.97 Å². The van der Waals surface area contributed by atoms with Gasteiger partial charge in [-0.25, -0.2) is 17.9 Å². The number of hydrogen-bond donors (Lipinski definition) is 2. The van der Waals surface area contributed by atoms with Crippen molar-refractivity contribution in [3.05, 3.63) is 12.2 Å². The van der Waals surface area contributed by atoms with E-state index in [9.17, 15) is 13.2 Å². The molecule has 0 unspecified atom stereocenters. The smallest absolute Gasteiger partial charge is 0.330 e. The van der Waals surface area contributed by atoms with E-state index in [1.54, 1.807) is 13.0 Å². The van der Waals surface area contributed by atoms with Crippen molar-refractivity contribution in [1.82, 2.24) is 10.0 Å². The maximum Gasteiger partial charge on any atom is 0.330 e. The molecule has 0 saturated carbocycles. The third-order valence-corrected chi connectivity index (χ3v) is 2.20. The Labute approximate surface area is 96.1 Å². The van der Waals surface area contributed by atoms with Crippen molar-refractivity contribution < 1.29 is 17.9 Å². The first-order valence-electron chi connectivity index (χ1n) is 4.94. The third kappa shape index (κ3) is 11.2. The van der Waals surface area contributed by atoms with Gasteiger partial charge >= 0.3 is 5.97 Å². The van der Waals surface area contributed by atoms with Gasteiger partial charge in [-0.05, 0) is 6.92 Å². The highest BCUT2D eigenvalue weighted by Gasteiger charge is 1.97. The molecule has 0 atom stereocenters. The van der Waals surface area contributed by atoms with Crippen LogP contribution >= 0.6 is 0 Å². The quantitative estimate of drug-likeness (QED) is 0.336. The van der Waals surface area contributed by atoms with Gasteiger partial charge in [0.05, 0.1) is 12.9 Å². The monoisotopic (exact) mass is 250 g/mol. The van der Waals surface area contributed by atoms with Gasteiger partial charge in [-0.1, -0.05) is 6.08 Å². The molecule has 0 rings (SSSR count). The van der Waals surface area contributed by atoms with Crippen LogP contribution in [-0.2, 0) is 19.6 Å². The minimum Gasteiger partial charge on any atom is -0.463 e. The Kier molecular flexibility index (Phi) is 7.78. The molecule has 16 heavy (non-hydrogen) atoms. The first kappa shape index (κ1) is 15.1. The summed E-state index contributed by atoms with van der Waals surface area (Å²) in [5.41, 5.74) is 0. The van der Waals surface area contributed by atoms with Crippen LogP contribution in [0.5, 0.6) is 0 Å². The molecule has 6 nitrogen and oxygen atoms in total. The van der Waals surface area contributed by atoms with Crippen LogP contribution in [0, 0.1) is 0 Å². The van der Waals surface area contributed by atoms with Gasteiger partial charge in [0.15, 0.2) is 0 Å². The third-order valence-electron chi connectivity index (χ3n) is 1.47. The van der Waals surface area contributed by atoms with E-state index < -0.39 is 10.0 Å². The van der Waals surface area contributed by atoms with E-state index >= 15 is 0 Å². The van der Waals surface area contributed by atoms with E-state index in [2.05, 4.69) is 14.8 Å². The average molecular weight is 250 g/mol. The van der Waals surface area contributed by atoms with Crippen LogP contribution in [-0.4, -0.2) is 46.9 Å². The lowest BCUT2D eigenvalue weighted by molar-refractivity contribution is -0.137. The molecule has 0 fully saturated rings. The summed E-state index contributed by atoms with van der Waals surface area (Å²) >= 11 is 0. The average Bonchev–Trinajstić information content (AvgIpc) is 2.15. The summed E-state index contributed by atoms with van der Waals surface area (Å²) < 4.78 is 28.3. The standard InChI is InChI=1S/C9H18N2O4S/c1-3-15-9(12)5-4-6-10-7-8-11-16(2,13)14/h4-5,10-11H,3,6-8H2,1-2H3/b5-4+. The fourth-order valence-corrected chi connectivity index (χ4v) is 1.33. The largest absolute Gasteiger partial charge is 0.463 e. The van der Waals surface area contributed by atoms with E-state index in [0.717, 1.165) is 6.26 Å². The van der Waals surface area contributed by atoms with Crippen LogP contribution in [0.1, 0.15) is 6.92 Å². The van der Waals surface area contributed by atoms with Crippen molar-refractivity contribution in [2.75, 3.05) is 32.5 Å². The highest BCUT2D eigenvalue weighted by atomic mass is 32.2. The van der Waals surface area contributed by atoms with Crippen molar-refractivity contribution in [2.24, 2.45) is 0 Å². The fraction of sp³-hybridized carbons (Fsp3) is 0.667. The van der Waals surface area contributed by atoms with Crippen LogP contribution in [0.25, 0.3) is 0 Å². The lowest BCUT2D eigenvalue weighted by Crippen LogP contribution is -2.31. The molecule has 94 valence electrons. The molecule has 0 aromatic heterocycles. The van der Waals surface area contributed by atoms with E-state index in [4.69, 9.17) is 0 Å². The van der Waals surface area contributed by atoms with Gasteiger partial charge in [0.1, 0.15) is 0 Å². The highest BCUT2D eigenvalue weighted by molar-refractivity contribution is 7.88. The molecule has 0 aliphatic carbocycles. The Morgan fingerprint density at radius 2 is 2.06 bits per heavy atom. The van der Waals surface area contributed by atoms with Crippen LogP contribution in [0.4, 0.5) is 0 Å². The highest BCUT2D eigenvalue weighted by Crippen LogP contribution is 1.80. The molecule has 0 saturated heterocycles. The molecular weight excluding hydrogens is 232 g/mol. The van der Waals surface area contributed by atoms with Crippen LogP contribution in [0.3, 0.4) is 0 Å². The number of nitrogens with one attached hydrogen (secondary N) is 2. The zero-order chi connectivity index (χ0) is 12.4. The van der Waals surface area contributed by atoms with Gasteiger partial charge in [-0.2, -0.15) is 0 Å². The number of carbonyl (C=O) groups is 1. The number of ether oxygens (including phenoxy) is 1. The van der Waals surface area contributed by atoms with Crippen LogP contribution in [0.2, 0.25) is 0 Å². The maximum atomic E-state index is 10.8. The summed E-state index contributed by atoms with van der Waals surface area (Å²) in [6.07, 6.45) is 4.06. The zero-order valence-corrected chi connectivity index (χ0v) is 10.3. The summed E-state index contributed by atoms with van der Waals surface area (Å²) in [6.45, 7) is 3.41. The summed E-state index contributed by atoms with van der Waals surface area (Å²) in [7, 11) is -3.12. The lowest BCUT2D eigenvalue weighted by atomic mass is 10.5. The summed E-state index contributed by atoms with van der Waals surface area (Å²) in [4.78, 5) is 10.8. The molecule has 0 amide bonds. The summed E-state index contributed by atoms with van der Waals surface area (Å²) in [5.74, 6) is -0.376. The Morgan fingerprint density at radius 3 is 2.62 bits per heavy atom. The van der Waals surface area contributed by atoms with Crippen molar-refractivity contribution in [3.8, 4) is 0 Å². The molecule has 2 N–H and O–H groups in total. The second-order valence-electron chi connectivity index (χ2n) is 3.03. The van der Waals surface area contributed by atoms with Crippen LogP contribution < -0.4 is 10.0 Å². The molecule has 0 aliphatic heterocycles.